The normalized spacial score (nSPS) is 9.42. The molecule has 0 aliphatic heterocycles. The van der Waals surface area contributed by atoms with Crippen LogP contribution in [0, 0.1) is 0 Å². The molecule has 0 radical (unpaired) electrons. The van der Waals surface area contributed by atoms with Crippen LogP contribution >= 0.6 is 0 Å². The average molecular weight is 170 g/mol. The topological polar surface area (TPSA) is 41.1 Å². The lowest BCUT2D eigenvalue weighted by Crippen LogP contribution is -2.21. The number of hydrogen-bond donors (Lipinski definition) is 2. The molecule has 2 N–H and O–H groups in total. The molecule has 0 spiro atoms. The second-order valence-corrected chi connectivity index (χ2v) is 2.66. The molecule has 0 bridgehead atoms. The Morgan fingerprint density at radius 3 is 2.58 bits per heavy atom. The number of unbranched alkanes of at least 4 members (excludes halogenated alkanes) is 2. The summed E-state index contributed by atoms with van der Waals surface area (Å²) in [6, 6.07) is 0. The maximum Gasteiger partial charge on any atom is 0.243 e. The second-order valence-electron chi connectivity index (χ2n) is 2.66. The maximum atomic E-state index is 10.7. The molecule has 0 aromatic carbocycles. The number of carbonyl (C=O) groups excluding carboxylic acids is 1. The monoisotopic (exact) mass is 170 g/mol. The third-order valence-electron chi connectivity index (χ3n) is 1.59. The molecule has 0 saturated heterocycles. The van der Waals surface area contributed by atoms with Crippen LogP contribution in [0.3, 0.4) is 0 Å². The lowest BCUT2D eigenvalue weighted by molar-refractivity contribution is -0.116. The summed E-state index contributed by atoms with van der Waals surface area (Å²) in [4.78, 5) is 10.7. The summed E-state index contributed by atoms with van der Waals surface area (Å²) >= 11 is 0. The van der Waals surface area contributed by atoms with Gasteiger partial charge >= 0.3 is 0 Å². The SMILES string of the molecule is C=CC(=O)NCCCCCNC. The van der Waals surface area contributed by atoms with Crippen LogP contribution in [-0.2, 0) is 4.79 Å². The minimum atomic E-state index is -0.0800. The Morgan fingerprint density at radius 2 is 2.00 bits per heavy atom. The van der Waals surface area contributed by atoms with Crippen molar-refractivity contribution in [2.45, 2.75) is 19.3 Å². The molecule has 3 nitrogen and oxygen atoms in total. The lowest BCUT2D eigenvalue weighted by atomic mass is 10.2. The summed E-state index contributed by atoms with van der Waals surface area (Å²) in [5.74, 6) is -0.0800. The number of hydrogen-bond acceptors (Lipinski definition) is 2. The van der Waals surface area contributed by atoms with Crippen LogP contribution in [0.4, 0.5) is 0 Å². The largest absolute Gasteiger partial charge is 0.353 e. The smallest absolute Gasteiger partial charge is 0.243 e. The fraction of sp³-hybridized carbons (Fsp3) is 0.667. The highest BCUT2D eigenvalue weighted by atomic mass is 16.1. The van der Waals surface area contributed by atoms with E-state index in [1.165, 1.54) is 12.5 Å². The predicted octanol–water partition coefficient (Wildman–Crippen LogP) is 0.678. The molecule has 12 heavy (non-hydrogen) atoms. The zero-order chi connectivity index (χ0) is 9.23. The van der Waals surface area contributed by atoms with E-state index >= 15 is 0 Å². The van der Waals surface area contributed by atoms with E-state index in [0.717, 1.165) is 25.9 Å². The van der Waals surface area contributed by atoms with E-state index in [-0.39, 0.29) is 5.91 Å². The van der Waals surface area contributed by atoms with Crippen molar-refractivity contribution in [3.8, 4) is 0 Å². The van der Waals surface area contributed by atoms with Crippen LogP contribution in [0.15, 0.2) is 12.7 Å². The van der Waals surface area contributed by atoms with E-state index in [4.69, 9.17) is 0 Å². The van der Waals surface area contributed by atoms with E-state index in [1.807, 2.05) is 7.05 Å². The fourth-order valence-electron chi connectivity index (χ4n) is 0.887. The van der Waals surface area contributed by atoms with Crippen molar-refractivity contribution in [1.82, 2.24) is 10.6 Å². The first kappa shape index (κ1) is 11.2. The van der Waals surface area contributed by atoms with E-state index in [0.29, 0.717) is 0 Å². The molecule has 0 rings (SSSR count). The van der Waals surface area contributed by atoms with E-state index < -0.39 is 0 Å². The molecule has 1 amide bonds. The van der Waals surface area contributed by atoms with Crippen LogP contribution in [0.1, 0.15) is 19.3 Å². The van der Waals surface area contributed by atoms with Gasteiger partial charge in [0.2, 0.25) is 5.91 Å². The zero-order valence-electron chi connectivity index (χ0n) is 7.73. The maximum absolute atomic E-state index is 10.7. The summed E-state index contributed by atoms with van der Waals surface area (Å²) in [6.07, 6.45) is 4.66. The highest BCUT2D eigenvalue weighted by Crippen LogP contribution is 1.91. The third kappa shape index (κ3) is 7.28. The second kappa shape index (κ2) is 8.27. The first-order valence-corrected chi connectivity index (χ1v) is 4.36. The molecule has 0 unspecified atom stereocenters. The molecular formula is C9H18N2O. The molecule has 70 valence electrons. The molecular weight excluding hydrogens is 152 g/mol. The van der Waals surface area contributed by atoms with Crippen molar-refractivity contribution in [1.29, 1.82) is 0 Å². The first-order valence-electron chi connectivity index (χ1n) is 4.36. The standard InChI is InChI=1S/C9H18N2O/c1-3-9(12)11-8-6-4-5-7-10-2/h3,10H,1,4-8H2,2H3,(H,11,12). The Bertz CT molecular complexity index is 134. The summed E-state index contributed by atoms with van der Waals surface area (Å²) in [5, 5.41) is 5.81. The number of carbonyl (C=O) groups is 1. The van der Waals surface area contributed by atoms with E-state index in [2.05, 4.69) is 17.2 Å². The summed E-state index contributed by atoms with van der Waals surface area (Å²) in [6.45, 7) is 5.18. The molecule has 0 atom stereocenters. The van der Waals surface area contributed by atoms with Gasteiger partial charge in [0, 0.05) is 6.54 Å². The van der Waals surface area contributed by atoms with Gasteiger partial charge in [-0.2, -0.15) is 0 Å². The van der Waals surface area contributed by atoms with Gasteiger partial charge < -0.3 is 10.6 Å². The molecule has 3 heteroatoms. The van der Waals surface area contributed by atoms with Gasteiger partial charge in [0.05, 0.1) is 0 Å². The van der Waals surface area contributed by atoms with Gasteiger partial charge in [-0.1, -0.05) is 13.0 Å². The van der Waals surface area contributed by atoms with Crippen molar-refractivity contribution < 1.29 is 4.79 Å². The van der Waals surface area contributed by atoms with Gasteiger partial charge in [-0.3, -0.25) is 4.79 Å². The molecule has 0 aromatic rings. The lowest BCUT2D eigenvalue weighted by Gasteiger charge is -2.01. The van der Waals surface area contributed by atoms with Crippen LogP contribution < -0.4 is 10.6 Å². The van der Waals surface area contributed by atoms with Gasteiger partial charge in [-0.05, 0) is 32.5 Å². The third-order valence-corrected chi connectivity index (χ3v) is 1.59. The Labute approximate surface area is 74.2 Å². The van der Waals surface area contributed by atoms with Gasteiger partial charge in [0.15, 0.2) is 0 Å². The predicted molar refractivity (Wildman–Crippen MR) is 51.0 cm³/mol. The van der Waals surface area contributed by atoms with Crippen molar-refractivity contribution in [3.63, 3.8) is 0 Å². The Kier molecular flexibility index (Phi) is 7.70. The summed E-state index contributed by atoms with van der Waals surface area (Å²) < 4.78 is 0. The zero-order valence-corrected chi connectivity index (χ0v) is 7.73. The fourth-order valence-corrected chi connectivity index (χ4v) is 0.887. The van der Waals surface area contributed by atoms with Crippen molar-refractivity contribution in [3.05, 3.63) is 12.7 Å². The van der Waals surface area contributed by atoms with Gasteiger partial charge in [-0.15, -0.1) is 0 Å². The molecule has 0 aromatic heterocycles. The average Bonchev–Trinajstić information content (AvgIpc) is 2.10. The molecule has 0 fully saturated rings. The minimum Gasteiger partial charge on any atom is -0.353 e. The molecule has 0 aliphatic rings. The highest BCUT2D eigenvalue weighted by molar-refractivity contribution is 5.86. The molecule has 0 aliphatic carbocycles. The highest BCUT2D eigenvalue weighted by Gasteiger charge is 1.92. The van der Waals surface area contributed by atoms with Crippen molar-refractivity contribution in [2.75, 3.05) is 20.1 Å². The van der Waals surface area contributed by atoms with E-state index in [9.17, 15) is 4.79 Å². The molecule has 0 saturated carbocycles. The van der Waals surface area contributed by atoms with E-state index in [1.54, 1.807) is 0 Å². The summed E-state index contributed by atoms with van der Waals surface area (Å²) in [5.41, 5.74) is 0. The Balaban J connectivity index is 3.00. The van der Waals surface area contributed by atoms with Gasteiger partial charge in [0.25, 0.3) is 0 Å². The summed E-state index contributed by atoms with van der Waals surface area (Å²) in [7, 11) is 1.94. The number of rotatable bonds is 7. The van der Waals surface area contributed by atoms with Crippen LogP contribution in [0.25, 0.3) is 0 Å². The Morgan fingerprint density at radius 1 is 1.33 bits per heavy atom. The van der Waals surface area contributed by atoms with Crippen LogP contribution in [0.5, 0.6) is 0 Å². The minimum absolute atomic E-state index is 0.0800. The first-order chi connectivity index (χ1) is 5.81. The number of amides is 1. The quantitative estimate of drug-likeness (QED) is 0.436. The van der Waals surface area contributed by atoms with Gasteiger partial charge in [0.1, 0.15) is 0 Å². The van der Waals surface area contributed by atoms with Crippen LogP contribution in [0.2, 0.25) is 0 Å². The van der Waals surface area contributed by atoms with Gasteiger partial charge in [-0.25, -0.2) is 0 Å². The van der Waals surface area contributed by atoms with Crippen molar-refractivity contribution >= 4 is 5.91 Å². The molecule has 0 heterocycles. The van der Waals surface area contributed by atoms with Crippen molar-refractivity contribution in [2.24, 2.45) is 0 Å². The Hall–Kier alpha value is -0.830. The van der Waals surface area contributed by atoms with Crippen LogP contribution in [-0.4, -0.2) is 26.0 Å². The number of nitrogens with one attached hydrogen (secondary N) is 2.